The van der Waals surface area contributed by atoms with Crippen LogP contribution in [0, 0.1) is 0 Å². The lowest BCUT2D eigenvalue weighted by molar-refractivity contribution is -0.134. The summed E-state index contributed by atoms with van der Waals surface area (Å²) in [4.78, 5) is 11.5. The number of carbonyl (C=O) groups is 1. The Hall–Kier alpha value is -0.493. The number of hydrogen-bond donors (Lipinski definition) is 2. The number of Topliss-reactive ketones (excluding diaryl/α,β-unsaturated/α-hetero) is 1. The quantitative estimate of drug-likeness (QED) is 0.750. The molecule has 0 aromatic carbocycles. The van der Waals surface area contributed by atoms with Crippen molar-refractivity contribution >= 4 is 14.1 Å². The Morgan fingerprint density at radius 3 is 2.22 bits per heavy atom. The molecule has 18 heavy (non-hydrogen) atoms. The summed E-state index contributed by atoms with van der Waals surface area (Å²) in [6.07, 6.45) is -1.51. The Labute approximate surface area is 110 Å². The third kappa shape index (κ3) is 2.91. The van der Waals surface area contributed by atoms with Gasteiger partial charge in [0.25, 0.3) is 0 Å². The Morgan fingerprint density at radius 1 is 1.28 bits per heavy atom. The molecule has 1 aliphatic carbocycles. The first-order chi connectivity index (χ1) is 7.97. The molecule has 0 radical (unpaired) electrons. The molecule has 0 aromatic rings. The lowest BCUT2D eigenvalue weighted by atomic mass is 9.92. The summed E-state index contributed by atoms with van der Waals surface area (Å²) in [6.45, 7) is 12.1. The maximum absolute atomic E-state index is 11.5. The average molecular weight is 272 g/mol. The molecular weight excluding hydrogens is 248 g/mol. The van der Waals surface area contributed by atoms with Crippen molar-refractivity contribution in [3.05, 3.63) is 11.6 Å². The number of carbonyl (C=O) groups excluding carboxylic acids is 1. The second-order valence-corrected chi connectivity index (χ2v) is 11.2. The van der Waals surface area contributed by atoms with Crippen molar-refractivity contribution in [1.82, 2.24) is 0 Å². The fraction of sp³-hybridized carbons (Fsp3) is 0.769. The van der Waals surface area contributed by atoms with Gasteiger partial charge < -0.3 is 14.6 Å². The van der Waals surface area contributed by atoms with Gasteiger partial charge in [0.2, 0.25) is 0 Å². The number of aliphatic hydroxyl groups is 2. The average Bonchev–Trinajstić information content (AvgIpc) is 2.21. The summed E-state index contributed by atoms with van der Waals surface area (Å²) >= 11 is 0. The first kappa shape index (κ1) is 15.6. The van der Waals surface area contributed by atoms with E-state index >= 15 is 0 Å². The van der Waals surface area contributed by atoms with Gasteiger partial charge in [0, 0.05) is 0 Å². The van der Waals surface area contributed by atoms with Crippen molar-refractivity contribution in [3.63, 3.8) is 0 Å². The van der Waals surface area contributed by atoms with E-state index in [-0.39, 0.29) is 5.04 Å². The predicted molar refractivity (Wildman–Crippen MR) is 72.8 cm³/mol. The number of hydrogen-bond acceptors (Lipinski definition) is 4. The molecule has 0 unspecified atom stereocenters. The molecule has 0 bridgehead atoms. The van der Waals surface area contributed by atoms with E-state index in [2.05, 4.69) is 33.9 Å². The van der Waals surface area contributed by atoms with E-state index in [0.717, 1.165) is 0 Å². The van der Waals surface area contributed by atoms with Crippen LogP contribution in [-0.2, 0) is 9.22 Å². The first-order valence-electron chi connectivity index (χ1n) is 6.24. The van der Waals surface area contributed by atoms with Crippen LogP contribution >= 0.6 is 0 Å². The van der Waals surface area contributed by atoms with E-state index in [9.17, 15) is 15.0 Å². The van der Waals surface area contributed by atoms with Gasteiger partial charge in [-0.05, 0) is 36.7 Å². The molecule has 0 fully saturated rings. The van der Waals surface area contributed by atoms with Crippen molar-refractivity contribution in [2.75, 3.05) is 0 Å². The molecule has 5 heteroatoms. The van der Waals surface area contributed by atoms with Crippen LogP contribution in [0.25, 0.3) is 0 Å². The summed E-state index contributed by atoms with van der Waals surface area (Å²) in [5.74, 6) is -0.419. The highest BCUT2D eigenvalue weighted by Gasteiger charge is 2.43. The van der Waals surface area contributed by atoms with Gasteiger partial charge in [-0.15, -0.1) is 0 Å². The Balaban J connectivity index is 2.95. The molecule has 0 amide bonds. The van der Waals surface area contributed by atoms with E-state index in [1.54, 1.807) is 13.0 Å². The van der Waals surface area contributed by atoms with Gasteiger partial charge in [0.1, 0.15) is 12.2 Å². The standard InChI is InChI=1S/C13H24O4Si/c1-8-7-9(11(15)12(16)10(8)14)17-18(5,6)13(2,3)4/h7,9,11-12,15-16H,1-6H3/t9-,11-,12+/m1/s1. The van der Waals surface area contributed by atoms with E-state index in [1.165, 1.54) is 0 Å². The zero-order valence-corrected chi connectivity index (χ0v) is 13.0. The monoisotopic (exact) mass is 272 g/mol. The highest BCUT2D eigenvalue weighted by Crippen LogP contribution is 2.38. The Kier molecular flexibility index (Phi) is 4.22. The van der Waals surface area contributed by atoms with E-state index in [0.29, 0.717) is 5.57 Å². The number of ketones is 1. The molecule has 2 N–H and O–H groups in total. The first-order valence-corrected chi connectivity index (χ1v) is 9.15. The summed E-state index contributed by atoms with van der Waals surface area (Å²) in [6, 6.07) is 0. The molecule has 3 atom stereocenters. The molecule has 4 nitrogen and oxygen atoms in total. The molecular formula is C13H24O4Si. The van der Waals surface area contributed by atoms with Crippen LogP contribution in [0.5, 0.6) is 0 Å². The largest absolute Gasteiger partial charge is 0.408 e. The van der Waals surface area contributed by atoms with Gasteiger partial charge in [-0.3, -0.25) is 4.79 Å². The highest BCUT2D eigenvalue weighted by molar-refractivity contribution is 6.74. The van der Waals surface area contributed by atoms with E-state index < -0.39 is 32.4 Å². The molecule has 0 saturated carbocycles. The Bertz CT molecular complexity index is 368. The summed E-state index contributed by atoms with van der Waals surface area (Å²) in [7, 11) is -2.04. The zero-order chi connectivity index (χ0) is 14.3. The van der Waals surface area contributed by atoms with Crippen LogP contribution in [-0.4, -0.2) is 42.6 Å². The molecule has 104 valence electrons. The van der Waals surface area contributed by atoms with Crippen LogP contribution in [0.4, 0.5) is 0 Å². The highest BCUT2D eigenvalue weighted by atomic mass is 28.4. The van der Waals surface area contributed by atoms with Crippen molar-refractivity contribution < 1.29 is 19.4 Å². The molecule has 1 rings (SSSR count). The van der Waals surface area contributed by atoms with Crippen molar-refractivity contribution in [3.8, 4) is 0 Å². The SMILES string of the molecule is CC1=C[C@@H](O[Si](C)(C)C(C)(C)C)[C@@H](O)[C@@H](O)C1=O. The van der Waals surface area contributed by atoms with Crippen molar-refractivity contribution in [2.45, 2.75) is 64.1 Å². The van der Waals surface area contributed by atoms with Gasteiger partial charge in [0.15, 0.2) is 14.1 Å². The maximum Gasteiger partial charge on any atom is 0.193 e. The molecule has 1 aliphatic rings. The fourth-order valence-corrected chi connectivity index (χ4v) is 2.86. The van der Waals surface area contributed by atoms with Crippen molar-refractivity contribution in [1.29, 1.82) is 0 Å². The molecule has 0 saturated heterocycles. The summed E-state index contributed by atoms with van der Waals surface area (Å²) < 4.78 is 6.04. The lowest BCUT2D eigenvalue weighted by Crippen LogP contribution is -2.52. The van der Waals surface area contributed by atoms with Gasteiger partial charge >= 0.3 is 0 Å². The lowest BCUT2D eigenvalue weighted by Gasteiger charge is -2.41. The zero-order valence-electron chi connectivity index (χ0n) is 12.0. The molecule has 0 heterocycles. The third-order valence-electron chi connectivity index (χ3n) is 3.97. The van der Waals surface area contributed by atoms with Crippen LogP contribution in [0.15, 0.2) is 11.6 Å². The molecule has 0 aliphatic heterocycles. The second kappa shape index (κ2) is 4.88. The van der Waals surface area contributed by atoms with E-state index in [4.69, 9.17) is 4.43 Å². The van der Waals surface area contributed by atoms with Crippen LogP contribution in [0.3, 0.4) is 0 Å². The topological polar surface area (TPSA) is 66.8 Å². The molecule has 0 aromatic heterocycles. The van der Waals surface area contributed by atoms with Gasteiger partial charge in [0.05, 0.1) is 6.10 Å². The predicted octanol–water partition coefficient (Wildman–Crippen LogP) is 1.63. The van der Waals surface area contributed by atoms with Crippen LogP contribution in [0.1, 0.15) is 27.7 Å². The smallest absolute Gasteiger partial charge is 0.193 e. The minimum Gasteiger partial charge on any atom is -0.408 e. The van der Waals surface area contributed by atoms with Gasteiger partial charge in [-0.2, -0.15) is 0 Å². The van der Waals surface area contributed by atoms with Crippen molar-refractivity contribution in [2.24, 2.45) is 0 Å². The fourth-order valence-electron chi connectivity index (χ4n) is 1.62. The van der Waals surface area contributed by atoms with Gasteiger partial charge in [-0.25, -0.2) is 0 Å². The van der Waals surface area contributed by atoms with Crippen LogP contribution in [0.2, 0.25) is 18.1 Å². The Morgan fingerprint density at radius 2 is 1.78 bits per heavy atom. The molecule has 0 spiro atoms. The minimum absolute atomic E-state index is 0.0148. The maximum atomic E-state index is 11.5. The number of rotatable bonds is 2. The number of aliphatic hydroxyl groups excluding tert-OH is 2. The summed E-state index contributed by atoms with van der Waals surface area (Å²) in [5, 5.41) is 19.6. The second-order valence-electron chi connectivity index (χ2n) is 6.49. The van der Waals surface area contributed by atoms with Crippen LogP contribution < -0.4 is 0 Å². The third-order valence-corrected chi connectivity index (χ3v) is 8.44. The normalized spacial score (nSPS) is 30.3. The minimum atomic E-state index is -2.04. The summed E-state index contributed by atoms with van der Waals surface area (Å²) in [5.41, 5.74) is 0.455. The van der Waals surface area contributed by atoms with Gasteiger partial charge in [-0.1, -0.05) is 20.8 Å². The van der Waals surface area contributed by atoms with E-state index in [1.807, 2.05) is 0 Å².